The van der Waals surface area contributed by atoms with Crippen molar-refractivity contribution >= 4 is 19.8 Å². The molecule has 1 unspecified atom stereocenters. The molecule has 0 saturated heterocycles. The fraction of sp³-hybridized carbons (Fsp3) is 0.818. The molecule has 0 aliphatic carbocycles. The zero-order chi connectivity index (χ0) is 25.6. The molecular weight excluding hydrogens is 540 g/mol. The van der Waals surface area contributed by atoms with Gasteiger partial charge in [0.05, 0.1) is 6.10 Å². The van der Waals surface area contributed by atoms with Crippen LogP contribution in [-0.4, -0.2) is 45.6 Å². The van der Waals surface area contributed by atoms with Gasteiger partial charge in [-0.3, -0.25) is 0 Å². The molecular formula is C22H36Na3O11P. The van der Waals surface area contributed by atoms with E-state index in [-0.39, 0.29) is 102 Å². The van der Waals surface area contributed by atoms with E-state index in [1.807, 2.05) is 0 Å². The molecule has 0 saturated carbocycles. The molecule has 3 atom stereocenters. The Kier molecular flexibility index (Phi) is 27.8. The van der Waals surface area contributed by atoms with E-state index in [4.69, 9.17) is 0 Å². The molecule has 37 heavy (non-hydrogen) atoms. The number of phosphoric ester groups is 1. The second-order valence-corrected chi connectivity index (χ2v) is 9.72. The summed E-state index contributed by atoms with van der Waals surface area (Å²) in [5.41, 5.74) is 0. The second-order valence-electron chi connectivity index (χ2n) is 8.64. The number of phosphoric acid groups is 1. The minimum Gasteiger partial charge on any atom is -0.780 e. The molecule has 1 aliphatic heterocycles. The monoisotopic (exact) mass is 576 g/mol. The standard InChI is InChI=1S/C22H39O11P.3Na/c23-16(18(26)20-19(27)21(22(28)32-20)33-34(29,30)31)14-12-10-8-6-4-2-1-3-5-7-9-11-13-15-17(24)25;;;/h16,18,20,23,26-27H,1-15H2,(H,24,25)(H2,29,30,31);;;/q;3*+1/p-3/t16?,18-,20+;;;/m0.../s1. The predicted molar refractivity (Wildman–Crippen MR) is 115 cm³/mol. The number of carboxylic acid groups (broad SMARTS) is 1. The van der Waals surface area contributed by atoms with Crippen molar-refractivity contribution in [3.05, 3.63) is 11.5 Å². The fourth-order valence-corrected chi connectivity index (χ4v) is 4.22. The molecule has 11 nitrogen and oxygen atoms in total. The van der Waals surface area contributed by atoms with Crippen molar-refractivity contribution in [1.82, 2.24) is 0 Å². The summed E-state index contributed by atoms with van der Waals surface area (Å²) in [7, 11) is -5.60. The number of carbonyl (C=O) groups is 2. The minimum absolute atomic E-state index is 0. The predicted octanol–water partition coefficient (Wildman–Crippen LogP) is -8.14. The molecule has 0 radical (unpaired) electrons. The van der Waals surface area contributed by atoms with Crippen LogP contribution in [0.25, 0.3) is 0 Å². The van der Waals surface area contributed by atoms with Gasteiger partial charge in [-0.05, 0) is 19.3 Å². The Morgan fingerprint density at radius 1 is 0.865 bits per heavy atom. The summed E-state index contributed by atoms with van der Waals surface area (Å²) in [5, 5.41) is 40.3. The quantitative estimate of drug-likeness (QED) is 0.0538. The first-order valence-corrected chi connectivity index (χ1v) is 13.4. The minimum atomic E-state index is -5.60. The molecule has 3 N–H and O–H groups in total. The third-order valence-electron chi connectivity index (χ3n) is 5.71. The van der Waals surface area contributed by atoms with Gasteiger partial charge >= 0.3 is 94.6 Å². The molecule has 1 rings (SSSR count). The van der Waals surface area contributed by atoms with Crippen molar-refractivity contribution in [3.8, 4) is 0 Å². The van der Waals surface area contributed by atoms with Gasteiger partial charge in [0.2, 0.25) is 0 Å². The van der Waals surface area contributed by atoms with Gasteiger partial charge in [0.15, 0.2) is 11.9 Å². The third kappa shape index (κ3) is 20.0. The van der Waals surface area contributed by atoms with Crippen LogP contribution in [0.15, 0.2) is 11.5 Å². The first kappa shape index (κ1) is 42.8. The van der Waals surface area contributed by atoms with Crippen LogP contribution < -0.4 is 104 Å². The molecule has 0 aromatic carbocycles. The van der Waals surface area contributed by atoms with Crippen LogP contribution in [0.5, 0.6) is 0 Å². The summed E-state index contributed by atoms with van der Waals surface area (Å²) in [6.07, 6.45) is 8.61. The number of aliphatic hydroxyl groups excluding tert-OH is 3. The van der Waals surface area contributed by atoms with Crippen molar-refractivity contribution in [2.24, 2.45) is 0 Å². The van der Waals surface area contributed by atoms with Crippen LogP contribution in [0.3, 0.4) is 0 Å². The van der Waals surface area contributed by atoms with Gasteiger partial charge in [-0.25, -0.2) is 4.79 Å². The van der Waals surface area contributed by atoms with Gasteiger partial charge in [-0.15, -0.1) is 0 Å². The Morgan fingerprint density at radius 2 is 1.27 bits per heavy atom. The SMILES string of the molecule is O=C([O-])CCCCCCCCCCCCCCCC(O)[C@H](O)[C@H]1OC(=O)C(OP(=O)([O-])[O-])=C1O.[Na+].[Na+].[Na+]. The van der Waals surface area contributed by atoms with E-state index in [1.54, 1.807) is 0 Å². The van der Waals surface area contributed by atoms with Crippen molar-refractivity contribution in [2.75, 3.05) is 0 Å². The topological polar surface area (TPSA) is 200 Å². The van der Waals surface area contributed by atoms with Crippen LogP contribution in [0.4, 0.5) is 0 Å². The average Bonchev–Trinajstić information content (AvgIpc) is 3.02. The zero-order valence-corrected chi connectivity index (χ0v) is 29.3. The molecule has 0 amide bonds. The van der Waals surface area contributed by atoms with Crippen LogP contribution >= 0.6 is 7.82 Å². The Balaban J connectivity index is -0.00000385. The number of aliphatic carboxylic acids is 1. The molecule has 0 aromatic rings. The second kappa shape index (κ2) is 24.0. The number of aliphatic hydroxyl groups is 3. The van der Waals surface area contributed by atoms with Crippen LogP contribution in [0, 0.1) is 0 Å². The Labute approximate surface area is 285 Å². The average molecular weight is 576 g/mol. The Morgan fingerprint density at radius 3 is 1.68 bits per heavy atom. The molecule has 0 bridgehead atoms. The summed E-state index contributed by atoms with van der Waals surface area (Å²) in [4.78, 5) is 43.1. The number of carbonyl (C=O) groups excluding carboxylic acids is 2. The molecule has 0 aromatic heterocycles. The van der Waals surface area contributed by atoms with E-state index in [0.29, 0.717) is 12.8 Å². The van der Waals surface area contributed by atoms with Gasteiger partial charge in [0.25, 0.3) is 5.76 Å². The van der Waals surface area contributed by atoms with Gasteiger partial charge in [0, 0.05) is 5.97 Å². The number of rotatable bonds is 20. The summed E-state index contributed by atoms with van der Waals surface area (Å²) >= 11 is 0. The van der Waals surface area contributed by atoms with E-state index >= 15 is 0 Å². The normalized spacial score (nSPS) is 16.6. The van der Waals surface area contributed by atoms with E-state index < -0.39 is 49.6 Å². The summed E-state index contributed by atoms with van der Waals surface area (Å²) in [6, 6.07) is 0. The Hall–Kier alpha value is 1.35. The fourth-order valence-electron chi connectivity index (χ4n) is 3.83. The summed E-state index contributed by atoms with van der Waals surface area (Å²) in [6.45, 7) is 0. The summed E-state index contributed by atoms with van der Waals surface area (Å²) in [5.74, 6) is -4.63. The van der Waals surface area contributed by atoms with Crippen LogP contribution in [0.1, 0.15) is 96.3 Å². The first-order chi connectivity index (χ1) is 16.0. The van der Waals surface area contributed by atoms with Crippen molar-refractivity contribution < 1.29 is 142 Å². The van der Waals surface area contributed by atoms with Crippen molar-refractivity contribution in [2.45, 2.75) is 115 Å². The molecule has 15 heteroatoms. The maximum Gasteiger partial charge on any atom is 1.00 e. The number of hydrogen-bond acceptors (Lipinski definition) is 11. The number of unbranched alkanes of at least 4 members (excludes halogenated alkanes) is 12. The number of carboxylic acids is 1. The van der Waals surface area contributed by atoms with E-state index in [9.17, 15) is 44.4 Å². The van der Waals surface area contributed by atoms with Gasteiger partial charge in [0.1, 0.15) is 13.9 Å². The Bertz CT molecular complexity index is 718. The van der Waals surface area contributed by atoms with Gasteiger partial charge in [-0.1, -0.05) is 77.0 Å². The van der Waals surface area contributed by atoms with E-state index in [1.165, 1.54) is 12.8 Å². The van der Waals surface area contributed by atoms with Gasteiger partial charge < -0.3 is 48.8 Å². The largest absolute Gasteiger partial charge is 1.00 e. The third-order valence-corrected chi connectivity index (χ3v) is 6.12. The maximum atomic E-state index is 11.5. The molecule has 0 spiro atoms. The van der Waals surface area contributed by atoms with Crippen LogP contribution in [0.2, 0.25) is 0 Å². The van der Waals surface area contributed by atoms with Gasteiger partial charge in [-0.2, -0.15) is 0 Å². The molecule has 1 heterocycles. The first-order valence-electron chi connectivity index (χ1n) is 11.9. The number of hydrogen-bond donors (Lipinski definition) is 3. The molecule has 0 fully saturated rings. The van der Waals surface area contributed by atoms with E-state index in [2.05, 4.69) is 9.26 Å². The molecule has 1 aliphatic rings. The smallest absolute Gasteiger partial charge is 0.780 e. The summed E-state index contributed by atoms with van der Waals surface area (Å²) < 4.78 is 19.1. The van der Waals surface area contributed by atoms with Crippen molar-refractivity contribution in [1.29, 1.82) is 0 Å². The maximum absolute atomic E-state index is 11.5. The van der Waals surface area contributed by atoms with Crippen molar-refractivity contribution in [3.63, 3.8) is 0 Å². The number of cyclic esters (lactones) is 1. The number of ether oxygens (including phenoxy) is 1. The zero-order valence-electron chi connectivity index (χ0n) is 22.4. The van der Waals surface area contributed by atoms with E-state index in [0.717, 1.165) is 57.8 Å². The van der Waals surface area contributed by atoms with Crippen LogP contribution in [-0.2, 0) is 23.4 Å². The number of esters is 1. The molecule has 198 valence electrons.